The first-order chi connectivity index (χ1) is 8.33. The van der Waals surface area contributed by atoms with Gasteiger partial charge < -0.3 is 4.57 Å². The van der Waals surface area contributed by atoms with E-state index in [9.17, 15) is 4.79 Å². The minimum absolute atomic E-state index is 0.0799. The Kier molecular flexibility index (Phi) is 2.49. The number of pyridine rings is 1. The molecule has 0 atom stereocenters. The highest BCUT2D eigenvalue weighted by atomic mass is 32.1. The van der Waals surface area contributed by atoms with Crippen LogP contribution in [0.2, 0.25) is 0 Å². The van der Waals surface area contributed by atoms with Crippen LogP contribution in [0.4, 0.5) is 0 Å². The van der Waals surface area contributed by atoms with Crippen molar-refractivity contribution in [3.8, 4) is 0 Å². The standard InChI is InChI=1S/C13H10N2OS/c16-13-15(6-7-17-13)9-10-3-4-12-11(8-10)2-1-5-14-12/h1-8H,9H2. The van der Waals surface area contributed by atoms with E-state index < -0.39 is 0 Å². The SMILES string of the molecule is O=c1sccn1Cc1ccc2ncccc2c1. The molecule has 0 spiro atoms. The van der Waals surface area contributed by atoms with E-state index >= 15 is 0 Å². The summed E-state index contributed by atoms with van der Waals surface area (Å²) >= 11 is 1.22. The van der Waals surface area contributed by atoms with Crippen molar-refractivity contribution in [2.75, 3.05) is 0 Å². The lowest BCUT2D eigenvalue weighted by Gasteiger charge is -2.03. The Morgan fingerprint density at radius 2 is 2.24 bits per heavy atom. The first-order valence-corrected chi connectivity index (χ1v) is 6.18. The second-order valence-corrected chi connectivity index (χ2v) is 4.68. The number of fused-ring (bicyclic) bond motifs is 1. The van der Waals surface area contributed by atoms with Crippen LogP contribution in [0.25, 0.3) is 10.9 Å². The zero-order chi connectivity index (χ0) is 11.7. The van der Waals surface area contributed by atoms with Gasteiger partial charge in [0.15, 0.2) is 0 Å². The van der Waals surface area contributed by atoms with Crippen LogP contribution >= 0.6 is 11.3 Å². The van der Waals surface area contributed by atoms with Crippen LogP contribution in [-0.2, 0) is 6.54 Å². The highest BCUT2D eigenvalue weighted by Crippen LogP contribution is 2.13. The van der Waals surface area contributed by atoms with E-state index in [-0.39, 0.29) is 4.87 Å². The number of hydrogen-bond acceptors (Lipinski definition) is 3. The molecule has 0 radical (unpaired) electrons. The molecule has 4 heteroatoms. The maximum absolute atomic E-state index is 11.5. The monoisotopic (exact) mass is 242 g/mol. The highest BCUT2D eigenvalue weighted by molar-refractivity contribution is 7.07. The number of benzene rings is 1. The van der Waals surface area contributed by atoms with Gasteiger partial charge in [0.2, 0.25) is 0 Å². The van der Waals surface area contributed by atoms with E-state index in [2.05, 4.69) is 11.1 Å². The van der Waals surface area contributed by atoms with E-state index in [1.165, 1.54) is 11.3 Å². The summed E-state index contributed by atoms with van der Waals surface area (Å²) < 4.78 is 1.71. The molecule has 84 valence electrons. The Labute approximate surface area is 102 Å². The summed E-state index contributed by atoms with van der Waals surface area (Å²) in [5, 5.41) is 2.92. The van der Waals surface area contributed by atoms with E-state index in [1.807, 2.05) is 35.8 Å². The molecule has 0 unspecified atom stereocenters. The van der Waals surface area contributed by atoms with E-state index in [0.29, 0.717) is 6.54 Å². The number of rotatable bonds is 2. The largest absolute Gasteiger partial charge is 0.307 e. The van der Waals surface area contributed by atoms with Gasteiger partial charge in [-0.3, -0.25) is 9.78 Å². The van der Waals surface area contributed by atoms with Gasteiger partial charge in [0.25, 0.3) is 0 Å². The Morgan fingerprint density at radius 1 is 1.29 bits per heavy atom. The van der Waals surface area contributed by atoms with Crippen LogP contribution in [0.3, 0.4) is 0 Å². The Hall–Kier alpha value is -1.94. The summed E-state index contributed by atoms with van der Waals surface area (Å²) in [5.41, 5.74) is 2.10. The van der Waals surface area contributed by atoms with Gasteiger partial charge in [-0.25, -0.2) is 0 Å². The second kappa shape index (κ2) is 4.14. The first kappa shape index (κ1) is 10.2. The third-order valence-corrected chi connectivity index (χ3v) is 3.36. The van der Waals surface area contributed by atoms with Gasteiger partial charge in [-0.15, -0.1) is 0 Å². The summed E-state index contributed by atoms with van der Waals surface area (Å²) in [6, 6.07) is 10.0. The molecule has 0 fully saturated rings. The molecule has 2 aromatic heterocycles. The molecule has 17 heavy (non-hydrogen) atoms. The van der Waals surface area contributed by atoms with E-state index in [4.69, 9.17) is 0 Å². The van der Waals surface area contributed by atoms with Gasteiger partial charge in [0, 0.05) is 23.2 Å². The lowest BCUT2D eigenvalue weighted by molar-refractivity contribution is 0.785. The summed E-state index contributed by atoms with van der Waals surface area (Å²) in [5.74, 6) is 0. The second-order valence-electron chi connectivity index (χ2n) is 3.83. The van der Waals surface area contributed by atoms with Gasteiger partial charge >= 0.3 is 4.87 Å². The number of aromatic nitrogens is 2. The molecule has 0 saturated carbocycles. The molecule has 2 heterocycles. The van der Waals surface area contributed by atoms with Gasteiger partial charge in [-0.2, -0.15) is 0 Å². The van der Waals surface area contributed by atoms with Crippen LogP contribution in [0, 0.1) is 0 Å². The molecule has 0 saturated heterocycles. The van der Waals surface area contributed by atoms with Gasteiger partial charge in [0.1, 0.15) is 0 Å². The smallest absolute Gasteiger partial charge is 0.302 e. The summed E-state index contributed by atoms with van der Waals surface area (Å²) in [7, 11) is 0. The van der Waals surface area contributed by atoms with E-state index in [0.717, 1.165) is 16.5 Å². The van der Waals surface area contributed by atoms with Crippen molar-refractivity contribution < 1.29 is 0 Å². The summed E-state index contributed by atoms with van der Waals surface area (Å²) in [6.07, 6.45) is 3.60. The molecule has 3 aromatic rings. The minimum Gasteiger partial charge on any atom is -0.302 e. The number of thiazole rings is 1. The van der Waals surface area contributed by atoms with Crippen LogP contribution < -0.4 is 4.87 Å². The predicted octanol–water partition coefficient (Wildman–Crippen LogP) is 2.51. The Balaban J connectivity index is 2.01. The van der Waals surface area contributed by atoms with E-state index in [1.54, 1.807) is 10.8 Å². The third-order valence-electron chi connectivity index (χ3n) is 2.66. The van der Waals surface area contributed by atoms with Gasteiger partial charge in [-0.05, 0) is 23.8 Å². The lowest BCUT2D eigenvalue weighted by Crippen LogP contribution is -2.12. The van der Waals surface area contributed by atoms with Crippen LogP contribution in [0.15, 0.2) is 52.9 Å². The summed E-state index contributed by atoms with van der Waals surface area (Å²) in [6.45, 7) is 0.618. The average molecular weight is 242 g/mol. The fourth-order valence-corrected chi connectivity index (χ4v) is 2.41. The molecular formula is C13H10N2OS. The highest BCUT2D eigenvalue weighted by Gasteiger charge is 2.00. The lowest BCUT2D eigenvalue weighted by atomic mass is 10.1. The molecule has 0 amide bonds. The maximum atomic E-state index is 11.5. The predicted molar refractivity (Wildman–Crippen MR) is 69.4 cm³/mol. The molecule has 0 bridgehead atoms. The fraction of sp³-hybridized carbons (Fsp3) is 0.0769. The molecule has 0 N–H and O–H groups in total. The van der Waals surface area contributed by atoms with Gasteiger partial charge in [0.05, 0.1) is 12.1 Å². The fourth-order valence-electron chi connectivity index (χ4n) is 1.83. The zero-order valence-electron chi connectivity index (χ0n) is 9.04. The first-order valence-electron chi connectivity index (χ1n) is 5.30. The number of hydrogen-bond donors (Lipinski definition) is 0. The molecule has 3 nitrogen and oxygen atoms in total. The van der Waals surface area contributed by atoms with Crippen molar-refractivity contribution in [1.82, 2.24) is 9.55 Å². The van der Waals surface area contributed by atoms with Crippen LogP contribution in [0.1, 0.15) is 5.56 Å². The maximum Gasteiger partial charge on any atom is 0.307 e. The Bertz CT molecular complexity index is 714. The minimum atomic E-state index is 0.0799. The van der Waals surface area contributed by atoms with Crippen molar-refractivity contribution >= 4 is 22.2 Å². The van der Waals surface area contributed by atoms with Crippen molar-refractivity contribution in [2.24, 2.45) is 0 Å². The van der Waals surface area contributed by atoms with Crippen LogP contribution in [-0.4, -0.2) is 9.55 Å². The topological polar surface area (TPSA) is 34.9 Å². The van der Waals surface area contributed by atoms with Crippen molar-refractivity contribution in [3.63, 3.8) is 0 Å². The van der Waals surface area contributed by atoms with Crippen molar-refractivity contribution in [2.45, 2.75) is 6.54 Å². The van der Waals surface area contributed by atoms with Crippen molar-refractivity contribution in [3.05, 3.63) is 63.3 Å². The zero-order valence-corrected chi connectivity index (χ0v) is 9.85. The van der Waals surface area contributed by atoms with Crippen molar-refractivity contribution in [1.29, 1.82) is 0 Å². The molecular weight excluding hydrogens is 232 g/mol. The van der Waals surface area contributed by atoms with Crippen LogP contribution in [0.5, 0.6) is 0 Å². The normalized spacial score (nSPS) is 10.8. The number of nitrogens with zero attached hydrogens (tertiary/aromatic N) is 2. The molecule has 0 aliphatic rings. The third kappa shape index (κ3) is 1.99. The molecule has 1 aromatic carbocycles. The molecule has 3 rings (SSSR count). The quantitative estimate of drug-likeness (QED) is 0.692. The average Bonchev–Trinajstić information content (AvgIpc) is 2.75. The summed E-state index contributed by atoms with van der Waals surface area (Å²) in [4.78, 5) is 15.8. The molecule has 0 aliphatic carbocycles. The molecule has 0 aliphatic heterocycles. The Morgan fingerprint density at radius 3 is 3.06 bits per heavy atom. The van der Waals surface area contributed by atoms with Gasteiger partial charge in [-0.1, -0.05) is 23.5 Å².